The molecule has 4 aromatic carbocycles. The normalized spacial score (nSPS) is 14.7. The van der Waals surface area contributed by atoms with Crippen LogP contribution in [0.4, 0.5) is 0 Å². The highest BCUT2D eigenvalue weighted by Crippen LogP contribution is 2.56. The number of aliphatic hydroxyl groups excluding tert-OH is 2. The molecule has 1 saturated heterocycles. The maximum absolute atomic E-state index is 10.6. The average Bonchev–Trinajstić information content (AvgIpc) is 4.06. The van der Waals surface area contributed by atoms with E-state index in [1.165, 1.54) is 41.4 Å². The zero-order valence-corrected chi connectivity index (χ0v) is 41.1. The molecule has 0 spiro atoms. The summed E-state index contributed by atoms with van der Waals surface area (Å²) in [7, 11) is -3.28. The lowest BCUT2D eigenvalue weighted by atomic mass is 9.68. The summed E-state index contributed by atoms with van der Waals surface area (Å²) in [5.74, 6) is 3.76. The number of nitrogens with zero attached hydrogens (tertiary/aromatic N) is 1. The van der Waals surface area contributed by atoms with Gasteiger partial charge in [-0.25, -0.2) is 0 Å². The van der Waals surface area contributed by atoms with E-state index >= 15 is 0 Å². The molecule has 1 amide bonds. The Hall–Kier alpha value is -5.00. The molecule has 2 aliphatic rings. The van der Waals surface area contributed by atoms with Gasteiger partial charge in [-0.2, -0.15) is 8.42 Å². The van der Waals surface area contributed by atoms with Crippen LogP contribution in [0.15, 0.2) is 110 Å². The molecule has 2 atom stereocenters. The van der Waals surface area contributed by atoms with Crippen molar-refractivity contribution in [2.75, 3.05) is 52.4 Å². The molecule has 1 fully saturated rings. The molecule has 1 aliphatic carbocycles. The molecule has 65 heavy (non-hydrogen) atoms. The largest absolute Gasteiger partial charge is 0.493 e. The fraction of sp³-hybridized carbons (Fsp3) is 0.453. The molecule has 1 heterocycles. The zero-order chi connectivity index (χ0) is 48.6. The van der Waals surface area contributed by atoms with Crippen molar-refractivity contribution < 1.29 is 41.8 Å². The van der Waals surface area contributed by atoms with E-state index < -0.39 is 27.2 Å². The monoisotopic (exact) mass is 912 g/mol. The van der Waals surface area contributed by atoms with E-state index in [1.807, 2.05) is 52.0 Å². The van der Waals surface area contributed by atoms with Crippen LogP contribution in [0.2, 0.25) is 0 Å². The van der Waals surface area contributed by atoms with Gasteiger partial charge < -0.3 is 29.7 Å². The summed E-state index contributed by atoms with van der Waals surface area (Å²) < 4.78 is 42.4. The quantitative estimate of drug-likeness (QED) is 0.0327. The van der Waals surface area contributed by atoms with E-state index in [9.17, 15) is 23.4 Å². The number of carbonyl (C=O) groups excluding carboxylic acids is 1. The number of terminal acetylenes is 1. The molecule has 0 saturated carbocycles. The lowest BCUT2D eigenvalue weighted by molar-refractivity contribution is -0.117. The van der Waals surface area contributed by atoms with Crippen molar-refractivity contribution >= 4 is 16.0 Å². The highest BCUT2D eigenvalue weighted by Gasteiger charge is 2.46. The molecule has 354 valence electrons. The Morgan fingerprint density at radius 3 is 1.60 bits per heavy atom. The summed E-state index contributed by atoms with van der Waals surface area (Å²) in [6.45, 7) is 26.4. The van der Waals surface area contributed by atoms with Gasteiger partial charge >= 0.3 is 0 Å². The minimum Gasteiger partial charge on any atom is -0.493 e. The number of ether oxygens (including phenoxy) is 3. The molecule has 0 radical (unpaired) electrons. The minimum absolute atomic E-state index is 0.0666. The predicted octanol–water partition coefficient (Wildman–Crippen LogP) is 8.40. The molecule has 0 bridgehead atoms. The fourth-order valence-corrected chi connectivity index (χ4v) is 7.92. The average molecular weight is 913 g/mol. The molecule has 12 heteroatoms. The van der Waals surface area contributed by atoms with Gasteiger partial charge in [0, 0.05) is 36.7 Å². The predicted molar refractivity (Wildman–Crippen MR) is 262 cm³/mol. The van der Waals surface area contributed by atoms with Crippen LogP contribution in [0, 0.1) is 18.3 Å². The molecule has 4 aromatic rings. The number of aliphatic hydroxyl groups is 2. The topological polar surface area (TPSA) is 144 Å². The van der Waals surface area contributed by atoms with Crippen molar-refractivity contribution in [1.29, 1.82) is 0 Å². The van der Waals surface area contributed by atoms with Gasteiger partial charge in [0.1, 0.15) is 30.8 Å². The number of amides is 1. The molecule has 6 rings (SSSR count). The third kappa shape index (κ3) is 17.7. The summed E-state index contributed by atoms with van der Waals surface area (Å²) in [5, 5.41) is 22.2. The van der Waals surface area contributed by atoms with Crippen LogP contribution in [-0.2, 0) is 29.2 Å². The van der Waals surface area contributed by atoms with Gasteiger partial charge in [-0.1, -0.05) is 92.2 Å². The molecular formula is C53H72N2O9S. The Morgan fingerprint density at radius 2 is 1.28 bits per heavy atom. The number of carbonyl (C=O) groups is 1. The van der Waals surface area contributed by atoms with Crippen LogP contribution in [0.25, 0.3) is 11.1 Å². The van der Waals surface area contributed by atoms with Crippen LogP contribution < -0.4 is 14.8 Å². The highest BCUT2D eigenvalue weighted by atomic mass is 32.2. The van der Waals surface area contributed by atoms with Crippen molar-refractivity contribution in [2.45, 2.75) is 97.4 Å². The van der Waals surface area contributed by atoms with Crippen molar-refractivity contribution in [2.24, 2.45) is 5.92 Å². The van der Waals surface area contributed by atoms with Gasteiger partial charge in [-0.05, 0) is 126 Å². The first-order chi connectivity index (χ1) is 30.3. The van der Waals surface area contributed by atoms with Crippen LogP contribution in [0.5, 0.6) is 11.5 Å². The number of rotatable bonds is 14. The van der Waals surface area contributed by atoms with Crippen molar-refractivity contribution in [3.05, 3.63) is 132 Å². The summed E-state index contributed by atoms with van der Waals surface area (Å²) in [6, 6.07) is 33.5. The Balaban J connectivity index is 0.000000363. The minimum atomic E-state index is -3.28. The van der Waals surface area contributed by atoms with Gasteiger partial charge in [0.05, 0.1) is 30.5 Å². The molecule has 0 aromatic heterocycles. The SMILES string of the molecule is C#CCOCC(O)COc1ccc(C2(c3ccc(OCC(C)CO)cc3)c3ccccc3-c3ccccc32)cc1.C=CC(=O)NC(C)(C)C.CC(C)(C)N1CC1.CC(C)(C)OS(C)(=O)=O. The first kappa shape index (κ1) is 54.3. The van der Waals surface area contributed by atoms with E-state index in [4.69, 9.17) is 20.6 Å². The maximum atomic E-state index is 10.6. The Kier molecular flexibility index (Phi) is 20.0. The summed E-state index contributed by atoms with van der Waals surface area (Å²) >= 11 is 0. The lowest BCUT2D eigenvalue weighted by Gasteiger charge is -2.34. The Labute approximate surface area is 389 Å². The highest BCUT2D eigenvalue weighted by molar-refractivity contribution is 7.86. The van der Waals surface area contributed by atoms with Gasteiger partial charge in [0.15, 0.2) is 0 Å². The summed E-state index contributed by atoms with van der Waals surface area (Å²) in [6.07, 6.45) is 6.73. The van der Waals surface area contributed by atoms with Crippen molar-refractivity contribution in [1.82, 2.24) is 10.2 Å². The molecule has 3 N–H and O–H groups in total. The standard InChI is InChI=1S/C35H34O5.C7H13NO.C6H13N.C5H12O3S/c1-3-20-38-23-28(37)24-40-30-18-14-27(15-19-30)35(26-12-16-29(17-13-26)39-22-25(2)21-36)33-10-6-4-8-31(33)32-9-5-7-11-34(32)35;1-5-6(9)8-7(2,3)4;1-6(2,3)7-4-5-7;1-5(2,3)8-9(4,6)7/h1,4-19,25,28,36-37H,20-24H2,2H3;5H,1H2,2-4H3,(H,8,9);4-5H2,1-3H3;1-4H3. The first-order valence-electron chi connectivity index (χ1n) is 21.9. The smallest absolute Gasteiger partial charge is 0.264 e. The second-order valence-electron chi connectivity index (χ2n) is 19.2. The summed E-state index contributed by atoms with van der Waals surface area (Å²) in [5.41, 5.74) is 6.25. The summed E-state index contributed by atoms with van der Waals surface area (Å²) in [4.78, 5) is 13.0. The van der Waals surface area contributed by atoms with Crippen LogP contribution in [-0.4, -0.2) is 105 Å². The van der Waals surface area contributed by atoms with E-state index in [0.717, 1.165) is 23.1 Å². The third-order valence-electron chi connectivity index (χ3n) is 9.79. The number of fused-ring (bicyclic) bond motifs is 3. The number of hydrogen-bond acceptors (Lipinski definition) is 10. The number of nitrogens with one attached hydrogen (secondary N) is 1. The number of hydrogen-bond donors (Lipinski definition) is 3. The second kappa shape index (κ2) is 24.0. The van der Waals surface area contributed by atoms with E-state index in [-0.39, 0.29) is 43.8 Å². The first-order valence-corrected chi connectivity index (χ1v) is 23.7. The fourth-order valence-electron chi connectivity index (χ4n) is 7.01. The second-order valence-corrected chi connectivity index (χ2v) is 20.7. The van der Waals surface area contributed by atoms with E-state index in [0.29, 0.717) is 17.9 Å². The van der Waals surface area contributed by atoms with Crippen LogP contribution >= 0.6 is 0 Å². The molecule has 11 nitrogen and oxygen atoms in total. The maximum Gasteiger partial charge on any atom is 0.264 e. The van der Waals surface area contributed by atoms with Gasteiger partial charge in [-0.15, -0.1) is 6.42 Å². The Bertz CT molecular complexity index is 2210. The lowest BCUT2D eigenvalue weighted by Crippen LogP contribution is -2.39. The van der Waals surface area contributed by atoms with Gasteiger partial charge in [0.2, 0.25) is 5.91 Å². The Morgan fingerprint density at radius 1 is 0.815 bits per heavy atom. The molecule has 2 unspecified atom stereocenters. The molecule has 1 aliphatic heterocycles. The molecular weight excluding hydrogens is 841 g/mol. The van der Waals surface area contributed by atoms with Crippen molar-refractivity contribution in [3.8, 4) is 35.0 Å². The van der Waals surface area contributed by atoms with Crippen molar-refractivity contribution in [3.63, 3.8) is 0 Å². The van der Waals surface area contributed by atoms with E-state index in [2.05, 4.69) is 120 Å². The van der Waals surface area contributed by atoms with Crippen LogP contribution in [0.1, 0.15) is 91.5 Å². The van der Waals surface area contributed by atoms with Gasteiger partial charge in [-0.3, -0.25) is 13.9 Å². The van der Waals surface area contributed by atoms with Crippen LogP contribution in [0.3, 0.4) is 0 Å². The zero-order valence-electron chi connectivity index (χ0n) is 40.3. The third-order valence-corrected chi connectivity index (χ3v) is 10.6. The van der Waals surface area contributed by atoms with Gasteiger partial charge in [0.25, 0.3) is 10.1 Å². The number of benzene rings is 4. The van der Waals surface area contributed by atoms with E-state index in [1.54, 1.807) is 20.8 Å².